The van der Waals surface area contributed by atoms with Gasteiger partial charge in [0, 0.05) is 104 Å². The molecule has 0 N–H and O–H groups in total. The van der Waals surface area contributed by atoms with E-state index in [-0.39, 0.29) is 0 Å². The van der Waals surface area contributed by atoms with Crippen LogP contribution in [-0.4, -0.2) is 15.0 Å². The van der Waals surface area contributed by atoms with Gasteiger partial charge in [0.05, 0.1) is 23.3 Å². The zero-order valence-electron chi connectivity index (χ0n) is 36.7. The van der Waals surface area contributed by atoms with Crippen LogP contribution in [-0.2, 0) is 0 Å². The average Bonchev–Trinajstić information content (AvgIpc) is 4.09. The summed E-state index contributed by atoms with van der Waals surface area (Å²) in [5.74, 6) is 0. The Morgan fingerprint density at radius 2 is 0.710 bits per heavy atom. The minimum absolute atomic E-state index is 0.672. The van der Waals surface area contributed by atoms with Crippen molar-refractivity contribution in [2.75, 3.05) is 9.80 Å². The molecule has 0 saturated heterocycles. The number of hydrogen-bond donors (Lipinski definition) is 0. The number of rotatable bonds is 6. The minimum atomic E-state index is 0.672. The van der Waals surface area contributed by atoms with Gasteiger partial charge in [0.25, 0.3) is 0 Å². The summed E-state index contributed by atoms with van der Waals surface area (Å²) in [5.41, 5.74) is 11.0. The zero-order chi connectivity index (χ0) is 45.2. The Balaban J connectivity index is 0.933. The summed E-state index contributed by atoms with van der Waals surface area (Å²) in [7, 11) is 0. The highest BCUT2D eigenvalue weighted by molar-refractivity contribution is 6.17. The fourth-order valence-corrected chi connectivity index (χ4v) is 10.7. The van der Waals surface area contributed by atoms with Gasteiger partial charge in [-0.1, -0.05) is 97.1 Å². The topological polar surface area (TPSA) is 84.6 Å². The van der Waals surface area contributed by atoms with Crippen molar-refractivity contribution in [3.05, 3.63) is 213 Å². The fraction of sp³-hybridized carbons (Fsp3) is 0. The summed E-state index contributed by atoms with van der Waals surface area (Å²) >= 11 is 0. The van der Waals surface area contributed by atoms with Crippen LogP contribution in [0.25, 0.3) is 109 Å². The standard InChI is InChI=1S/C61H35N5O3/c1-3-11-42-36(9-1)27-53(46-15-7-5-13-44(42)46)65(38-17-20-48-51-34-62-25-23-55(51)67-57(48)29-38)39-19-22-50-59(31-39)69-60-32-41(33-64-61(50)60)66(40-18-21-49-52-35-63-26-24-56(52)68-58(49)30-40)54-28-37-10-2-4-12-43(37)45-14-6-8-16-47(45)54/h1-35H. The SMILES string of the molecule is c1ccc2c(c1)cc(N(c1ccc3c(c1)oc1ccncc13)c1ccc3c(c1)oc1cc(N(c4ccc5c(c4)oc4ccncc45)c4cc5ccccc5c5ccccc45)cnc13)c1ccccc12. The molecule has 0 aliphatic rings. The van der Waals surface area contributed by atoms with Crippen LogP contribution in [0, 0.1) is 0 Å². The monoisotopic (exact) mass is 885 g/mol. The van der Waals surface area contributed by atoms with Gasteiger partial charge in [0.2, 0.25) is 0 Å². The van der Waals surface area contributed by atoms with E-state index in [4.69, 9.17) is 18.2 Å². The number of furan rings is 3. The molecule has 8 heteroatoms. The summed E-state index contributed by atoms with van der Waals surface area (Å²) in [6.07, 6.45) is 9.21. The van der Waals surface area contributed by atoms with Gasteiger partial charge < -0.3 is 23.1 Å². The maximum atomic E-state index is 6.95. The Morgan fingerprint density at radius 3 is 1.25 bits per heavy atom. The molecular formula is C61H35N5O3. The van der Waals surface area contributed by atoms with Crippen molar-refractivity contribution in [2.45, 2.75) is 0 Å². The molecule has 0 radical (unpaired) electrons. The van der Waals surface area contributed by atoms with Gasteiger partial charge in [0.15, 0.2) is 5.58 Å². The van der Waals surface area contributed by atoms with Crippen LogP contribution >= 0.6 is 0 Å². The van der Waals surface area contributed by atoms with Gasteiger partial charge in [-0.2, -0.15) is 0 Å². The molecule has 0 atom stereocenters. The molecule has 0 unspecified atom stereocenters. The quantitative estimate of drug-likeness (QED) is 0.153. The highest BCUT2D eigenvalue weighted by Gasteiger charge is 2.24. The van der Waals surface area contributed by atoms with Crippen molar-refractivity contribution in [3.8, 4) is 0 Å². The molecule has 6 heterocycles. The lowest BCUT2D eigenvalue weighted by atomic mass is 9.99. The summed E-state index contributed by atoms with van der Waals surface area (Å²) in [6, 6.07) is 64.1. The van der Waals surface area contributed by atoms with Crippen LogP contribution < -0.4 is 9.80 Å². The van der Waals surface area contributed by atoms with Crippen molar-refractivity contribution in [1.82, 2.24) is 15.0 Å². The first-order valence-electron chi connectivity index (χ1n) is 22.9. The molecule has 0 spiro atoms. The molecule has 15 rings (SSSR count). The van der Waals surface area contributed by atoms with Crippen LogP contribution in [0.3, 0.4) is 0 Å². The summed E-state index contributed by atoms with van der Waals surface area (Å²) in [4.78, 5) is 18.6. The lowest BCUT2D eigenvalue weighted by molar-refractivity contribution is 0.668. The third-order valence-corrected chi connectivity index (χ3v) is 13.8. The fourth-order valence-electron chi connectivity index (χ4n) is 10.7. The van der Waals surface area contributed by atoms with Crippen molar-refractivity contribution >= 4 is 143 Å². The van der Waals surface area contributed by atoms with Gasteiger partial charge in [-0.15, -0.1) is 0 Å². The van der Waals surface area contributed by atoms with E-state index in [2.05, 4.69) is 190 Å². The van der Waals surface area contributed by atoms with E-state index >= 15 is 0 Å². The van der Waals surface area contributed by atoms with Crippen LogP contribution in [0.5, 0.6) is 0 Å². The molecule has 6 aromatic heterocycles. The van der Waals surface area contributed by atoms with Crippen LogP contribution in [0.4, 0.5) is 34.1 Å². The van der Waals surface area contributed by atoms with Crippen molar-refractivity contribution in [3.63, 3.8) is 0 Å². The Hall–Kier alpha value is -9.53. The van der Waals surface area contributed by atoms with Crippen LogP contribution in [0.2, 0.25) is 0 Å². The number of hydrogen-bond acceptors (Lipinski definition) is 8. The number of fused-ring (bicyclic) bond motifs is 15. The Kier molecular flexibility index (Phi) is 7.91. The maximum Gasteiger partial charge on any atom is 0.155 e. The molecule has 0 bridgehead atoms. The molecule has 322 valence electrons. The first-order chi connectivity index (χ1) is 34.2. The average molecular weight is 886 g/mol. The van der Waals surface area contributed by atoms with Crippen LogP contribution in [0.15, 0.2) is 226 Å². The smallest absolute Gasteiger partial charge is 0.155 e. The summed E-state index contributed by atoms with van der Waals surface area (Å²) < 4.78 is 19.8. The highest BCUT2D eigenvalue weighted by Crippen LogP contribution is 2.47. The van der Waals surface area contributed by atoms with Gasteiger partial charge in [-0.25, -0.2) is 4.98 Å². The molecule has 0 saturated carbocycles. The molecule has 15 aromatic rings. The van der Waals surface area contributed by atoms with E-state index in [0.717, 1.165) is 121 Å². The van der Waals surface area contributed by atoms with Gasteiger partial charge in [-0.05, 0) is 93.0 Å². The predicted molar refractivity (Wildman–Crippen MR) is 281 cm³/mol. The van der Waals surface area contributed by atoms with Crippen molar-refractivity contribution in [1.29, 1.82) is 0 Å². The van der Waals surface area contributed by atoms with E-state index in [1.807, 2.05) is 30.7 Å². The molecule has 8 nitrogen and oxygen atoms in total. The lowest BCUT2D eigenvalue weighted by Gasteiger charge is -2.27. The van der Waals surface area contributed by atoms with E-state index < -0.39 is 0 Å². The van der Waals surface area contributed by atoms with Crippen molar-refractivity contribution in [2.24, 2.45) is 0 Å². The van der Waals surface area contributed by atoms with E-state index in [9.17, 15) is 0 Å². The molecule has 0 aliphatic carbocycles. The molecular weight excluding hydrogens is 851 g/mol. The highest BCUT2D eigenvalue weighted by atomic mass is 16.3. The van der Waals surface area contributed by atoms with Crippen molar-refractivity contribution < 1.29 is 13.3 Å². The normalized spacial score (nSPS) is 12.1. The van der Waals surface area contributed by atoms with Gasteiger partial charge in [-0.3, -0.25) is 9.97 Å². The third kappa shape index (κ3) is 5.72. The number of pyridine rings is 3. The van der Waals surface area contributed by atoms with Crippen LogP contribution in [0.1, 0.15) is 0 Å². The number of anilines is 6. The van der Waals surface area contributed by atoms with E-state index in [0.29, 0.717) is 5.58 Å². The largest absolute Gasteiger partial charge is 0.456 e. The minimum Gasteiger partial charge on any atom is -0.456 e. The third-order valence-electron chi connectivity index (χ3n) is 13.8. The lowest BCUT2D eigenvalue weighted by Crippen LogP contribution is -2.11. The Bertz CT molecular complexity index is 4320. The Morgan fingerprint density at radius 1 is 0.290 bits per heavy atom. The second-order valence-electron chi connectivity index (χ2n) is 17.6. The van der Waals surface area contributed by atoms with E-state index in [1.54, 1.807) is 12.4 Å². The molecule has 0 fully saturated rings. The number of aromatic nitrogens is 3. The molecule has 69 heavy (non-hydrogen) atoms. The molecule has 9 aromatic carbocycles. The summed E-state index contributed by atoms with van der Waals surface area (Å²) in [6.45, 7) is 0. The second-order valence-corrected chi connectivity index (χ2v) is 17.6. The first-order valence-corrected chi connectivity index (χ1v) is 22.9. The van der Waals surface area contributed by atoms with Gasteiger partial charge >= 0.3 is 0 Å². The predicted octanol–water partition coefficient (Wildman–Crippen LogP) is 17.1. The summed E-state index contributed by atoms with van der Waals surface area (Å²) in [5, 5.41) is 14.2. The number of benzene rings is 9. The molecule has 0 amide bonds. The van der Waals surface area contributed by atoms with E-state index in [1.165, 1.54) is 16.2 Å². The Labute approximate surface area is 392 Å². The first kappa shape index (κ1) is 37.7. The molecule has 0 aliphatic heterocycles. The number of nitrogens with zero attached hydrogens (tertiary/aromatic N) is 5. The van der Waals surface area contributed by atoms with Gasteiger partial charge in [0.1, 0.15) is 33.4 Å². The zero-order valence-corrected chi connectivity index (χ0v) is 36.7. The maximum absolute atomic E-state index is 6.95. The second kappa shape index (κ2) is 14.5.